The lowest BCUT2D eigenvalue weighted by molar-refractivity contribution is -0.137. The van der Waals surface area contributed by atoms with Crippen LogP contribution in [-0.2, 0) is 11.6 Å². The second kappa shape index (κ2) is 6.93. The molecule has 0 radical (unpaired) electrons. The number of H-pyrrole nitrogens is 1. The van der Waals surface area contributed by atoms with Gasteiger partial charge in [0.1, 0.15) is 5.69 Å². The number of halogens is 3. The van der Waals surface area contributed by atoms with E-state index < -0.39 is 28.6 Å². The van der Waals surface area contributed by atoms with Crippen molar-refractivity contribution in [3.05, 3.63) is 63.6 Å². The maximum absolute atomic E-state index is 13.0. The lowest BCUT2D eigenvalue weighted by atomic mass is 9.78. The van der Waals surface area contributed by atoms with Gasteiger partial charge in [-0.05, 0) is 30.5 Å². The van der Waals surface area contributed by atoms with Crippen molar-refractivity contribution in [1.82, 2.24) is 15.5 Å². The first-order valence-corrected chi connectivity index (χ1v) is 8.32. The number of nitrogens with one attached hydrogen (secondary N) is 2. The van der Waals surface area contributed by atoms with Crippen molar-refractivity contribution in [2.24, 2.45) is 0 Å². The number of nitrogens with zero attached hydrogens (tertiary/aromatic N) is 1. The minimum absolute atomic E-state index is 0.0572. The largest absolute Gasteiger partial charge is 0.416 e. The van der Waals surface area contributed by atoms with Gasteiger partial charge in [-0.15, -0.1) is 0 Å². The third kappa shape index (κ3) is 3.79. The summed E-state index contributed by atoms with van der Waals surface area (Å²) in [6.07, 6.45) is -1.22. The Kier molecular flexibility index (Phi) is 4.84. The van der Waals surface area contributed by atoms with Crippen LogP contribution in [0, 0.1) is 0 Å². The normalized spacial score (nSPS) is 16.4. The van der Waals surface area contributed by atoms with Gasteiger partial charge in [0.25, 0.3) is 11.5 Å². The maximum atomic E-state index is 13.0. The van der Waals surface area contributed by atoms with Crippen LogP contribution < -0.4 is 10.9 Å². The van der Waals surface area contributed by atoms with Crippen LogP contribution in [0.4, 0.5) is 13.2 Å². The molecule has 0 bridgehead atoms. The third-order valence-electron chi connectivity index (χ3n) is 4.86. The van der Waals surface area contributed by atoms with Crippen LogP contribution >= 0.6 is 0 Å². The van der Waals surface area contributed by atoms with E-state index in [-0.39, 0.29) is 12.2 Å². The van der Waals surface area contributed by atoms with Crippen molar-refractivity contribution in [2.75, 3.05) is 6.54 Å². The summed E-state index contributed by atoms with van der Waals surface area (Å²) in [4.78, 5) is 23.3. The van der Waals surface area contributed by atoms with Gasteiger partial charge in [0, 0.05) is 18.0 Å². The number of carbonyl (C=O) groups excluding carboxylic acids is 1. The summed E-state index contributed by atoms with van der Waals surface area (Å²) in [6, 6.07) is 7.82. The van der Waals surface area contributed by atoms with E-state index >= 15 is 0 Å². The molecule has 0 unspecified atom stereocenters. The molecular weight excluding hydrogens is 347 g/mol. The standard InChI is InChI=1S/C18H18F3N3O2/c19-18(20,21)13-5-3-4-12(10-13)17(8-1-2-9-17)11-22-16(26)14-6-7-15(25)24-23-14/h3-7,10H,1-2,8-9,11H2,(H,22,26)(H,24,25). The predicted molar refractivity (Wildman–Crippen MR) is 88.8 cm³/mol. The highest BCUT2D eigenvalue weighted by Crippen LogP contribution is 2.42. The van der Waals surface area contributed by atoms with Gasteiger partial charge in [-0.3, -0.25) is 9.59 Å². The molecule has 1 aromatic heterocycles. The second-order valence-corrected chi connectivity index (χ2v) is 6.56. The maximum Gasteiger partial charge on any atom is 0.416 e. The minimum Gasteiger partial charge on any atom is -0.350 e. The van der Waals surface area contributed by atoms with Crippen LogP contribution in [0.5, 0.6) is 0 Å². The van der Waals surface area contributed by atoms with Crippen LogP contribution in [0.3, 0.4) is 0 Å². The van der Waals surface area contributed by atoms with Gasteiger partial charge in [0.15, 0.2) is 0 Å². The second-order valence-electron chi connectivity index (χ2n) is 6.56. The Bertz CT molecular complexity index is 835. The van der Waals surface area contributed by atoms with Crippen molar-refractivity contribution in [3.8, 4) is 0 Å². The molecule has 1 heterocycles. The molecule has 1 aliphatic carbocycles. The first-order valence-electron chi connectivity index (χ1n) is 8.32. The summed E-state index contributed by atoms with van der Waals surface area (Å²) in [5, 5.41) is 8.60. The molecule has 0 aliphatic heterocycles. The Morgan fingerprint density at radius 3 is 2.54 bits per heavy atom. The van der Waals surface area contributed by atoms with Gasteiger partial charge in [-0.1, -0.05) is 31.0 Å². The number of hydrogen-bond acceptors (Lipinski definition) is 3. The summed E-state index contributed by atoms with van der Waals surface area (Å²) in [5.74, 6) is -0.473. The number of aromatic amines is 1. The van der Waals surface area contributed by atoms with Gasteiger partial charge in [0.2, 0.25) is 0 Å². The molecule has 8 heteroatoms. The zero-order chi connectivity index (χ0) is 18.8. The summed E-state index contributed by atoms with van der Waals surface area (Å²) < 4.78 is 39.1. The Morgan fingerprint density at radius 1 is 1.19 bits per heavy atom. The van der Waals surface area contributed by atoms with Crippen LogP contribution in [0.1, 0.15) is 47.3 Å². The third-order valence-corrected chi connectivity index (χ3v) is 4.86. The van der Waals surface area contributed by atoms with Crippen LogP contribution in [-0.4, -0.2) is 22.6 Å². The van der Waals surface area contributed by atoms with Crippen LogP contribution in [0.2, 0.25) is 0 Å². The fourth-order valence-corrected chi connectivity index (χ4v) is 3.46. The molecule has 2 N–H and O–H groups in total. The number of hydrogen-bond donors (Lipinski definition) is 2. The molecule has 138 valence electrons. The van der Waals surface area contributed by atoms with E-state index in [1.54, 1.807) is 6.07 Å². The number of alkyl halides is 3. The Balaban J connectivity index is 1.81. The van der Waals surface area contributed by atoms with Crippen molar-refractivity contribution < 1.29 is 18.0 Å². The zero-order valence-electron chi connectivity index (χ0n) is 13.9. The lowest BCUT2D eigenvalue weighted by Crippen LogP contribution is -2.39. The van der Waals surface area contributed by atoms with Gasteiger partial charge in [-0.25, -0.2) is 5.10 Å². The van der Waals surface area contributed by atoms with E-state index in [9.17, 15) is 22.8 Å². The van der Waals surface area contributed by atoms with Crippen molar-refractivity contribution >= 4 is 5.91 Å². The summed E-state index contributed by atoms with van der Waals surface area (Å²) in [6.45, 7) is 0.216. The van der Waals surface area contributed by atoms with Gasteiger partial charge in [0.05, 0.1) is 5.56 Å². The summed E-state index contributed by atoms with van der Waals surface area (Å²) in [7, 11) is 0. The molecule has 1 fully saturated rings. The molecule has 5 nitrogen and oxygen atoms in total. The molecular formula is C18H18F3N3O2. The van der Waals surface area contributed by atoms with Crippen molar-refractivity contribution in [2.45, 2.75) is 37.3 Å². The molecule has 3 rings (SSSR count). The molecule has 0 spiro atoms. The van der Waals surface area contributed by atoms with E-state index in [2.05, 4.69) is 15.5 Å². The molecule has 1 aromatic carbocycles. The number of rotatable bonds is 4. The number of aromatic nitrogens is 2. The minimum atomic E-state index is -4.40. The fraction of sp³-hybridized carbons (Fsp3) is 0.389. The first-order chi connectivity index (χ1) is 12.3. The van der Waals surface area contributed by atoms with E-state index in [1.807, 2.05) is 0 Å². The number of carbonyl (C=O) groups is 1. The molecule has 0 atom stereocenters. The topological polar surface area (TPSA) is 74.8 Å². The Morgan fingerprint density at radius 2 is 1.92 bits per heavy atom. The monoisotopic (exact) mass is 365 g/mol. The highest BCUT2D eigenvalue weighted by molar-refractivity contribution is 5.92. The number of amides is 1. The van der Waals surface area contributed by atoms with E-state index in [0.29, 0.717) is 18.4 Å². The lowest BCUT2D eigenvalue weighted by Gasteiger charge is -2.30. The fourth-order valence-electron chi connectivity index (χ4n) is 3.46. The molecule has 1 amide bonds. The van der Waals surface area contributed by atoms with E-state index in [1.165, 1.54) is 24.3 Å². The van der Waals surface area contributed by atoms with Crippen molar-refractivity contribution in [3.63, 3.8) is 0 Å². The van der Waals surface area contributed by atoms with E-state index in [0.717, 1.165) is 18.9 Å². The summed E-state index contributed by atoms with van der Waals surface area (Å²) in [5.41, 5.74) is -0.993. The van der Waals surface area contributed by atoms with E-state index in [4.69, 9.17) is 0 Å². The summed E-state index contributed by atoms with van der Waals surface area (Å²) >= 11 is 0. The van der Waals surface area contributed by atoms with Crippen LogP contribution in [0.25, 0.3) is 0 Å². The zero-order valence-corrected chi connectivity index (χ0v) is 13.9. The quantitative estimate of drug-likeness (QED) is 0.875. The molecule has 1 aliphatic rings. The van der Waals surface area contributed by atoms with Gasteiger partial charge in [-0.2, -0.15) is 18.3 Å². The smallest absolute Gasteiger partial charge is 0.350 e. The highest BCUT2D eigenvalue weighted by atomic mass is 19.4. The SMILES string of the molecule is O=C(NCC1(c2cccc(C(F)(F)F)c2)CCCC1)c1ccc(=O)[nH]n1. The highest BCUT2D eigenvalue weighted by Gasteiger charge is 2.38. The predicted octanol–water partition coefficient (Wildman–Crippen LogP) is 3.03. The van der Waals surface area contributed by atoms with Crippen LogP contribution in [0.15, 0.2) is 41.2 Å². The van der Waals surface area contributed by atoms with Crippen molar-refractivity contribution in [1.29, 1.82) is 0 Å². The average Bonchev–Trinajstić information content (AvgIpc) is 3.10. The van der Waals surface area contributed by atoms with Gasteiger partial charge >= 0.3 is 6.18 Å². The molecule has 2 aromatic rings. The first kappa shape index (κ1) is 18.2. The average molecular weight is 365 g/mol. The number of benzene rings is 1. The van der Waals surface area contributed by atoms with Gasteiger partial charge < -0.3 is 5.32 Å². The molecule has 1 saturated carbocycles. The Hall–Kier alpha value is -2.64. The molecule has 0 saturated heterocycles. The molecule has 26 heavy (non-hydrogen) atoms. The Labute approximate surface area is 147 Å².